The summed E-state index contributed by atoms with van der Waals surface area (Å²) in [6, 6.07) is 12.6. The molecule has 2 aliphatic rings. The largest absolute Gasteiger partial charge is 0.490 e. The first kappa shape index (κ1) is 23.8. The molecule has 176 valence electrons. The van der Waals surface area contributed by atoms with Crippen LogP contribution in [0.5, 0.6) is 5.75 Å². The van der Waals surface area contributed by atoms with E-state index in [1.54, 1.807) is 24.3 Å². The molecule has 2 amide bonds. The molecular formula is C24H27Cl2N3O4. The summed E-state index contributed by atoms with van der Waals surface area (Å²) in [5, 5.41) is 14.1. The fourth-order valence-electron chi connectivity index (χ4n) is 4.22. The van der Waals surface area contributed by atoms with Gasteiger partial charge in [0.05, 0.1) is 16.1 Å². The fraction of sp³-hybridized carbons (Fsp3) is 0.417. The van der Waals surface area contributed by atoms with Crippen LogP contribution in [-0.2, 0) is 11.3 Å². The second-order valence-electron chi connectivity index (χ2n) is 8.47. The summed E-state index contributed by atoms with van der Waals surface area (Å²) in [6.07, 6.45) is 1.05. The van der Waals surface area contributed by atoms with E-state index in [4.69, 9.17) is 27.9 Å². The van der Waals surface area contributed by atoms with Crippen LogP contribution in [-0.4, -0.2) is 71.7 Å². The van der Waals surface area contributed by atoms with E-state index in [2.05, 4.69) is 10.2 Å². The van der Waals surface area contributed by atoms with Gasteiger partial charge >= 0.3 is 0 Å². The molecule has 9 heteroatoms. The molecule has 4 rings (SSSR count). The number of carbonyl (C=O) groups is 2. The summed E-state index contributed by atoms with van der Waals surface area (Å²) < 4.78 is 6.00. The van der Waals surface area contributed by atoms with Crippen LogP contribution in [0.4, 0.5) is 0 Å². The number of nitrogens with zero attached hydrogens (tertiary/aromatic N) is 2. The molecular weight excluding hydrogens is 465 g/mol. The number of fused-ring (bicyclic) bond motifs is 1. The highest BCUT2D eigenvalue weighted by atomic mass is 35.5. The van der Waals surface area contributed by atoms with E-state index in [0.29, 0.717) is 34.4 Å². The maximum atomic E-state index is 12.4. The molecule has 2 heterocycles. The number of amides is 2. The molecule has 0 spiro atoms. The quantitative estimate of drug-likeness (QED) is 0.593. The Morgan fingerprint density at radius 3 is 2.64 bits per heavy atom. The SMILES string of the molecule is O=C(CN1Cc2ccccc2C1=O)NC[C@@H](O)CN1CCC(Oc2ccc(Cl)c(Cl)c2)CC1. The van der Waals surface area contributed by atoms with Crippen LogP contribution in [0.2, 0.25) is 10.0 Å². The zero-order valence-corrected chi connectivity index (χ0v) is 19.7. The molecule has 2 aromatic carbocycles. The van der Waals surface area contributed by atoms with Gasteiger partial charge in [-0.2, -0.15) is 0 Å². The molecule has 0 bridgehead atoms. The van der Waals surface area contributed by atoms with E-state index in [1.165, 1.54) is 4.90 Å². The number of piperidine rings is 1. The second kappa shape index (κ2) is 10.7. The number of carbonyl (C=O) groups excluding carboxylic acids is 2. The molecule has 0 aromatic heterocycles. The number of ether oxygens (including phenoxy) is 1. The Balaban J connectivity index is 1.14. The Hall–Kier alpha value is -2.32. The van der Waals surface area contributed by atoms with Crippen LogP contribution >= 0.6 is 23.2 Å². The second-order valence-corrected chi connectivity index (χ2v) is 9.28. The lowest BCUT2D eigenvalue weighted by Gasteiger charge is -2.33. The Labute approximate surface area is 203 Å². The van der Waals surface area contributed by atoms with Crippen molar-refractivity contribution >= 4 is 35.0 Å². The van der Waals surface area contributed by atoms with E-state index < -0.39 is 6.10 Å². The number of β-amino-alcohol motifs (C(OH)–C–C–N with tert-alkyl or cyclic N) is 1. The summed E-state index contributed by atoms with van der Waals surface area (Å²) in [4.78, 5) is 28.3. The van der Waals surface area contributed by atoms with Gasteiger partial charge in [0.2, 0.25) is 5.91 Å². The molecule has 7 nitrogen and oxygen atoms in total. The van der Waals surface area contributed by atoms with Gasteiger partial charge in [0, 0.05) is 44.4 Å². The van der Waals surface area contributed by atoms with Crippen LogP contribution < -0.4 is 10.1 Å². The van der Waals surface area contributed by atoms with Crippen LogP contribution in [0.15, 0.2) is 42.5 Å². The third-order valence-electron chi connectivity index (χ3n) is 5.96. The van der Waals surface area contributed by atoms with Crippen molar-refractivity contribution < 1.29 is 19.4 Å². The van der Waals surface area contributed by atoms with E-state index in [-0.39, 0.29) is 31.0 Å². The summed E-state index contributed by atoms with van der Waals surface area (Å²) in [5.74, 6) is 0.293. The first-order valence-electron chi connectivity index (χ1n) is 11.0. The molecule has 2 aromatic rings. The fourth-order valence-corrected chi connectivity index (χ4v) is 4.51. The Bertz CT molecular complexity index is 1010. The van der Waals surface area contributed by atoms with Gasteiger partial charge in [0.1, 0.15) is 18.4 Å². The van der Waals surface area contributed by atoms with Gasteiger partial charge in [-0.25, -0.2) is 0 Å². The van der Waals surface area contributed by atoms with Gasteiger partial charge in [-0.3, -0.25) is 9.59 Å². The van der Waals surface area contributed by atoms with Crippen molar-refractivity contribution in [2.75, 3.05) is 32.7 Å². The highest BCUT2D eigenvalue weighted by Crippen LogP contribution is 2.28. The average molecular weight is 492 g/mol. The highest BCUT2D eigenvalue weighted by Gasteiger charge is 2.28. The monoisotopic (exact) mass is 491 g/mol. The molecule has 0 unspecified atom stereocenters. The minimum atomic E-state index is -0.687. The van der Waals surface area contributed by atoms with Crippen LogP contribution in [0.1, 0.15) is 28.8 Å². The maximum Gasteiger partial charge on any atom is 0.254 e. The summed E-state index contributed by atoms with van der Waals surface area (Å²) in [5.41, 5.74) is 1.58. The van der Waals surface area contributed by atoms with E-state index in [0.717, 1.165) is 31.5 Å². The topological polar surface area (TPSA) is 82.1 Å². The van der Waals surface area contributed by atoms with Crippen molar-refractivity contribution in [3.8, 4) is 5.75 Å². The number of hydrogen-bond acceptors (Lipinski definition) is 5. The van der Waals surface area contributed by atoms with Crippen LogP contribution in [0.3, 0.4) is 0 Å². The van der Waals surface area contributed by atoms with Crippen molar-refractivity contribution in [1.82, 2.24) is 15.1 Å². The third-order valence-corrected chi connectivity index (χ3v) is 6.70. The molecule has 0 radical (unpaired) electrons. The molecule has 0 saturated carbocycles. The van der Waals surface area contributed by atoms with Crippen molar-refractivity contribution in [1.29, 1.82) is 0 Å². The zero-order chi connectivity index (χ0) is 23.4. The van der Waals surface area contributed by atoms with E-state index in [9.17, 15) is 14.7 Å². The lowest BCUT2D eigenvalue weighted by molar-refractivity contribution is -0.122. The van der Waals surface area contributed by atoms with Gasteiger partial charge in [-0.15, -0.1) is 0 Å². The zero-order valence-electron chi connectivity index (χ0n) is 18.2. The number of benzene rings is 2. The summed E-state index contributed by atoms with van der Waals surface area (Å²) in [7, 11) is 0. The predicted molar refractivity (Wildman–Crippen MR) is 127 cm³/mol. The summed E-state index contributed by atoms with van der Waals surface area (Å²) >= 11 is 12.0. The molecule has 2 aliphatic heterocycles. The predicted octanol–water partition coefficient (Wildman–Crippen LogP) is 2.97. The molecule has 1 saturated heterocycles. The van der Waals surface area contributed by atoms with Gasteiger partial charge < -0.3 is 25.0 Å². The smallest absolute Gasteiger partial charge is 0.254 e. The number of likely N-dealkylation sites (tertiary alicyclic amines) is 1. The summed E-state index contributed by atoms with van der Waals surface area (Å²) in [6.45, 7) is 2.61. The average Bonchev–Trinajstić information content (AvgIpc) is 3.11. The number of hydrogen-bond donors (Lipinski definition) is 2. The van der Waals surface area contributed by atoms with Crippen molar-refractivity contribution in [3.05, 3.63) is 63.6 Å². The third kappa shape index (κ3) is 6.18. The number of aliphatic hydroxyl groups is 1. The minimum absolute atomic E-state index is 0.0162. The standard InChI is InChI=1S/C24H27Cl2N3O4/c25-21-6-5-19(11-22(21)26)33-18-7-9-28(10-8-18)14-17(30)12-27-23(31)15-29-13-16-3-1-2-4-20(16)24(29)32/h1-6,11,17-18,30H,7-10,12-15H2,(H,27,31)/t17-/m1/s1. The minimum Gasteiger partial charge on any atom is -0.490 e. The van der Waals surface area contributed by atoms with Gasteiger partial charge in [0.15, 0.2) is 0 Å². The molecule has 1 atom stereocenters. The Morgan fingerprint density at radius 2 is 1.91 bits per heavy atom. The normalized spacial score (nSPS) is 17.7. The van der Waals surface area contributed by atoms with Gasteiger partial charge in [-0.05, 0) is 36.6 Å². The van der Waals surface area contributed by atoms with Gasteiger partial charge in [-0.1, -0.05) is 41.4 Å². The number of nitrogens with one attached hydrogen (secondary N) is 1. The number of rotatable bonds is 8. The molecule has 1 fully saturated rings. The van der Waals surface area contributed by atoms with Crippen molar-refractivity contribution in [3.63, 3.8) is 0 Å². The lowest BCUT2D eigenvalue weighted by Crippen LogP contribution is -2.46. The van der Waals surface area contributed by atoms with Crippen molar-refractivity contribution in [2.45, 2.75) is 31.6 Å². The lowest BCUT2D eigenvalue weighted by atomic mass is 10.1. The molecule has 33 heavy (non-hydrogen) atoms. The Morgan fingerprint density at radius 1 is 1.15 bits per heavy atom. The van der Waals surface area contributed by atoms with Crippen LogP contribution in [0.25, 0.3) is 0 Å². The van der Waals surface area contributed by atoms with Gasteiger partial charge in [0.25, 0.3) is 5.91 Å². The maximum absolute atomic E-state index is 12.4. The first-order valence-corrected chi connectivity index (χ1v) is 11.8. The number of aliphatic hydroxyl groups excluding tert-OH is 1. The number of halogens is 2. The molecule has 2 N–H and O–H groups in total. The van der Waals surface area contributed by atoms with Crippen LogP contribution in [0, 0.1) is 0 Å². The van der Waals surface area contributed by atoms with E-state index >= 15 is 0 Å². The van der Waals surface area contributed by atoms with E-state index in [1.807, 2.05) is 18.2 Å². The Kier molecular flexibility index (Phi) is 7.75. The highest BCUT2D eigenvalue weighted by molar-refractivity contribution is 6.42. The molecule has 0 aliphatic carbocycles. The van der Waals surface area contributed by atoms with Crippen molar-refractivity contribution in [2.24, 2.45) is 0 Å². The first-order chi connectivity index (χ1) is 15.9.